The van der Waals surface area contributed by atoms with Gasteiger partial charge in [-0.25, -0.2) is 14.7 Å². The van der Waals surface area contributed by atoms with Crippen LogP contribution in [0.25, 0.3) is 11.1 Å². The van der Waals surface area contributed by atoms with Crippen LogP contribution in [0.5, 0.6) is 11.5 Å². The van der Waals surface area contributed by atoms with E-state index in [1.54, 1.807) is 12.3 Å². The molecule has 0 aliphatic rings. The van der Waals surface area contributed by atoms with E-state index in [1.807, 2.05) is 125 Å². The maximum Gasteiger partial charge on any atom is 0.425 e. The van der Waals surface area contributed by atoms with Crippen molar-refractivity contribution in [3.05, 3.63) is 120 Å². The Balaban J connectivity index is 1.45. The van der Waals surface area contributed by atoms with Crippen LogP contribution in [0.15, 0.2) is 109 Å². The topological polar surface area (TPSA) is 79.8 Å². The number of amides is 1. The van der Waals surface area contributed by atoms with Crippen LogP contribution < -0.4 is 19.7 Å². The molecule has 1 amide bonds. The Bertz CT molecular complexity index is 1650. The summed E-state index contributed by atoms with van der Waals surface area (Å²) in [5.41, 5.74) is 5.13. The number of nitrogens with zero attached hydrogens (tertiary/aromatic N) is 4. The molecule has 218 valence electrons. The van der Waals surface area contributed by atoms with Gasteiger partial charge < -0.3 is 19.7 Å². The normalized spacial score (nSPS) is 10.8. The van der Waals surface area contributed by atoms with Crippen molar-refractivity contribution in [2.75, 3.05) is 37.5 Å². The molecule has 0 aliphatic carbocycles. The lowest BCUT2D eigenvalue weighted by Gasteiger charge is -2.23. The summed E-state index contributed by atoms with van der Waals surface area (Å²) >= 11 is 0. The Morgan fingerprint density at radius 2 is 1.51 bits per heavy atom. The van der Waals surface area contributed by atoms with E-state index in [0.717, 1.165) is 40.2 Å². The minimum atomic E-state index is -0.577. The Hall–Kier alpha value is -5.21. The molecular weight excluding hydrogens is 538 g/mol. The lowest BCUT2D eigenvalue weighted by atomic mass is 10.1. The molecule has 0 bridgehead atoms. The van der Waals surface area contributed by atoms with Crippen molar-refractivity contribution < 1.29 is 14.3 Å². The van der Waals surface area contributed by atoms with Crippen LogP contribution in [-0.2, 0) is 0 Å². The summed E-state index contributed by atoms with van der Waals surface area (Å²) in [7, 11) is 4.02. The number of anilines is 4. The molecule has 1 N–H and O–H groups in total. The van der Waals surface area contributed by atoms with Gasteiger partial charge in [-0.2, -0.15) is 4.98 Å². The third-order valence-electron chi connectivity index (χ3n) is 6.78. The van der Waals surface area contributed by atoms with E-state index in [0.29, 0.717) is 29.8 Å². The fourth-order valence-electron chi connectivity index (χ4n) is 4.52. The summed E-state index contributed by atoms with van der Waals surface area (Å²) in [6, 6.07) is 32.8. The van der Waals surface area contributed by atoms with Crippen LogP contribution in [0.1, 0.15) is 11.1 Å². The lowest BCUT2D eigenvalue weighted by Crippen LogP contribution is -2.30. The predicted molar refractivity (Wildman–Crippen MR) is 172 cm³/mol. The first kappa shape index (κ1) is 29.3. The minimum absolute atomic E-state index is 0.336. The Labute approximate surface area is 252 Å². The Morgan fingerprint density at radius 3 is 2.23 bits per heavy atom. The molecular formula is C35H35N5O3. The molecule has 1 heterocycles. The van der Waals surface area contributed by atoms with Crippen molar-refractivity contribution in [2.24, 2.45) is 0 Å². The SMILES string of the molecule is Cc1cccc(C)c1OC(=O)N(c1cccc(-c2ccccc2)c1)c1ccnc(Nc2ccc(OCCN(C)C)cc2)n1. The second-order valence-electron chi connectivity index (χ2n) is 10.4. The van der Waals surface area contributed by atoms with Crippen LogP contribution in [0.2, 0.25) is 0 Å². The van der Waals surface area contributed by atoms with Crippen LogP contribution in [-0.4, -0.2) is 48.2 Å². The molecule has 8 heteroatoms. The Kier molecular flexibility index (Phi) is 9.29. The molecule has 5 aromatic rings. The second kappa shape index (κ2) is 13.6. The fraction of sp³-hybridized carbons (Fsp3) is 0.171. The van der Waals surface area contributed by atoms with Gasteiger partial charge in [0.15, 0.2) is 0 Å². The van der Waals surface area contributed by atoms with Gasteiger partial charge in [0.25, 0.3) is 0 Å². The maximum atomic E-state index is 13.9. The first-order valence-electron chi connectivity index (χ1n) is 14.1. The molecule has 0 radical (unpaired) electrons. The van der Waals surface area contributed by atoms with Crippen molar-refractivity contribution in [3.8, 4) is 22.6 Å². The zero-order chi connectivity index (χ0) is 30.2. The number of nitrogens with one attached hydrogen (secondary N) is 1. The van der Waals surface area contributed by atoms with Gasteiger partial charge in [-0.3, -0.25) is 0 Å². The van der Waals surface area contributed by atoms with Crippen molar-refractivity contribution in [2.45, 2.75) is 13.8 Å². The largest absolute Gasteiger partial charge is 0.492 e. The van der Waals surface area contributed by atoms with E-state index in [4.69, 9.17) is 14.5 Å². The number of hydrogen-bond acceptors (Lipinski definition) is 7. The van der Waals surface area contributed by atoms with Gasteiger partial charge in [0.2, 0.25) is 5.95 Å². The molecule has 0 aliphatic heterocycles. The van der Waals surface area contributed by atoms with Gasteiger partial charge in [-0.05, 0) is 86.6 Å². The highest BCUT2D eigenvalue weighted by atomic mass is 16.6. The number of ether oxygens (including phenoxy) is 2. The number of rotatable bonds is 10. The number of carbonyl (C=O) groups excluding carboxylic acids is 1. The standard InChI is InChI=1S/C35H35N5O3/c1-25-10-8-11-26(2)33(25)43-35(41)40(30-15-9-14-28(24-30)27-12-6-5-7-13-27)32-20-21-36-34(38-32)37-29-16-18-31(19-17-29)42-23-22-39(3)4/h5-21,24H,22-23H2,1-4H3,(H,36,37,38). The minimum Gasteiger partial charge on any atom is -0.492 e. The highest BCUT2D eigenvalue weighted by molar-refractivity contribution is 5.97. The summed E-state index contributed by atoms with van der Waals surface area (Å²) in [5, 5.41) is 3.23. The van der Waals surface area contributed by atoms with E-state index in [1.165, 1.54) is 4.90 Å². The second-order valence-corrected chi connectivity index (χ2v) is 10.4. The van der Waals surface area contributed by atoms with Gasteiger partial charge in [-0.1, -0.05) is 60.7 Å². The molecule has 0 saturated carbocycles. The average molecular weight is 574 g/mol. The van der Waals surface area contributed by atoms with Crippen molar-refractivity contribution in [1.29, 1.82) is 0 Å². The summed E-state index contributed by atoms with van der Waals surface area (Å²) in [6.45, 7) is 5.27. The quantitative estimate of drug-likeness (QED) is 0.183. The number of aryl methyl sites for hydroxylation is 2. The number of carbonyl (C=O) groups is 1. The van der Waals surface area contributed by atoms with Crippen LogP contribution >= 0.6 is 0 Å². The summed E-state index contributed by atoms with van der Waals surface area (Å²) in [5.74, 6) is 2.00. The van der Waals surface area contributed by atoms with Crippen LogP contribution in [0.3, 0.4) is 0 Å². The molecule has 0 unspecified atom stereocenters. The number of hydrogen-bond donors (Lipinski definition) is 1. The van der Waals surface area contributed by atoms with Crippen LogP contribution in [0, 0.1) is 13.8 Å². The third-order valence-corrected chi connectivity index (χ3v) is 6.78. The molecule has 0 atom stereocenters. The predicted octanol–water partition coefficient (Wildman–Crippen LogP) is 7.78. The molecule has 8 nitrogen and oxygen atoms in total. The van der Waals surface area contributed by atoms with E-state index in [2.05, 4.69) is 15.2 Å². The maximum absolute atomic E-state index is 13.9. The van der Waals surface area contributed by atoms with Crippen LogP contribution in [0.4, 0.5) is 27.9 Å². The van der Waals surface area contributed by atoms with Gasteiger partial charge in [0.05, 0.1) is 5.69 Å². The van der Waals surface area contributed by atoms with Crippen molar-refractivity contribution in [3.63, 3.8) is 0 Å². The molecule has 0 spiro atoms. The lowest BCUT2D eigenvalue weighted by molar-refractivity contribution is 0.209. The summed E-state index contributed by atoms with van der Waals surface area (Å²) in [4.78, 5) is 26.6. The van der Waals surface area contributed by atoms with Crippen molar-refractivity contribution in [1.82, 2.24) is 14.9 Å². The van der Waals surface area contributed by atoms with Gasteiger partial charge >= 0.3 is 6.09 Å². The highest BCUT2D eigenvalue weighted by Gasteiger charge is 2.24. The Morgan fingerprint density at radius 1 is 0.814 bits per heavy atom. The van der Waals surface area contributed by atoms with E-state index >= 15 is 0 Å². The molecule has 0 fully saturated rings. The summed E-state index contributed by atoms with van der Waals surface area (Å²) < 4.78 is 11.8. The zero-order valence-electron chi connectivity index (χ0n) is 24.8. The number of likely N-dealkylation sites (N-methyl/N-ethyl adjacent to an activating group) is 1. The molecule has 43 heavy (non-hydrogen) atoms. The highest BCUT2D eigenvalue weighted by Crippen LogP contribution is 2.32. The monoisotopic (exact) mass is 573 g/mol. The summed E-state index contributed by atoms with van der Waals surface area (Å²) in [6.07, 6.45) is 1.04. The molecule has 5 rings (SSSR count). The van der Waals surface area contributed by atoms with Crippen molar-refractivity contribution >= 4 is 29.2 Å². The van der Waals surface area contributed by atoms with E-state index in [-0.39, 0.29) is 0 Å². The number of benzene rings is 4. The fourth-order valence-corrected chi connectivity index (χ4v) is 4.52. The van der Waals surface area contributed by atoms with Gasteiger partial charge in [-0.15, -0.1) is 0 Å². The molecule has 4 aromatic carbocycles. The molecule has 1 aromatic heterocycles. The zero-order valence-corrected chi connectivity index (χ0v) is 24.8. The average Bonchev–Trinajstić information content (AvgIpc) is 3.01. The smallest absolute Gasteiger partial charge is 0.425 e. The number of para-hydroxylation sites is 1. The third kappa shape index (κ3) is 7.55. The van der Waals surface area contributed by atoms with Gasteiger partial charge in [0.1, 0.15) is 23.9 Å². The van der Waals surface area contributed by atoms with E-state index in [9.17, 15) is 4.79 Å². The molecule has 0 saturated heterocycles. The first-order chi connectivity index (χ1) is 20.9. The van der Waals surface area contributed by atoms with E-state index < -0.39 is 6.09 Å². The number of aromatic nitrogens is 2. The first-order valence-corrected chi connectivity index (χ1v) is 14.1. The van der Waals surface area contributed by atoms with Gasteiger partial charge in [0, 0.05) is 24.5 Å².